The molecule has 0 spiro atoms. The lowest BCUT2D eigenvalue weighted by Gasteiger charge is -2.19. The molecular weight excluding hydrogens is 367 g/mol. The van der Waals surface area contributed by atoms with E-state index in [1.54, 1.807) is 19.9 Å². The van der Waals surface area contributed by atoms with E-state index in [2.05, 4.69) is 5.32 Å². The molecule has 148 valence electrons. The lowest BCUT2D eigenvalue weighted by atomic mass is 10.0. The van der Waals surface area contributed by atoms with Crippen molar-refractivity contribution in [1.29, 1.82) is 0 Å². The van der Waals surface area contributed by atoms with E-state index < -0.39 is 28.7 Å². The highest BCUT2D eigenvalue weighted by atomic mass is 19.1. The van der Waals surface area contributed by atoms with E-state index in [4.69, 9.17) is 4.74 Å². The van der Waals surface area contributed by atoms with Crippen molar-refractivity contribution in [2.45, 2.75) is 38.8 Å². The molecule has 7 nitrogen and oxygen atoms in total. The van der Waals surface area contributed by atoms with Crippen LogP contribution in [0, 0.1) is 15.9 Å². The lowest BCUT2D eigenvalue weighted by molar-refractivity contribution is -0.385. The molecule has 0 radical (unpaired) electrons. The maximum absolute atomic E-state index is 13.0. The molecule has 2 rings (SSSR count). The van der Waals surface area contributed by atoms with Crippen molar-refractivity contribution in [3.8, 4) is 0 Å². The molecule has 0 aliphatic rings. The smallest absolute Gasteiger partial charge is 0.308 e. The van der Waals surface area contributed by atoms with Crippen molar-refractivity contribution in [3.05, 3.63) is 75.6 Å². The molecule has 0 aromatic heterocycles. The van der Waals surface area contributed by atoms with Crippen LogP contribution in [0.2, 0.25) is 0 Å². The Morgan fingerprint density at radius 1 is 1.14 bits per heavy atom. The van der Waals surface area contributed by atoms with Gasteiger partial charge in [0.25, 0.3) is 5.69 Å². The molecule has 1 unspecified atom stereocenters. The maximum atomic E-state index is 13.0. The summed E-state index contributed by atoms with van der Waals surface area (Å²) in [7, 11) is 0. The minimum Gasteiger partial charge on any atom is -0.463 e. The van der Waals surface area contributed by atoms with E-state index in [9.17, 15) is 24.1 Å². The van der Waals surface area contributed by atoms with Gasteiger partial charge in [0.05, 0.1) is 35.5 Å². The molecule has 0 aliphatic carbocycles. The van der Waals surface area contributed by atoms with Gasteiger partial charge in [-0.3, -0.25) is 19.7 Å². The molecule has 0 fully saturated rings. The monoisotopic (exact) mass is 388 g/mol. The minimum absolute atomic E-state index is 0.0589. The topological polar surface area (TPSA) is 98.5 Å². The first kappa shape index (κ1) is 21.0. The summed E-state index contributed by atoms with van der Waals surface area (Å²) in [5, 5.41) is 14.0. The number of nitro benzene ring substituents is 1. The van der Waals surface area contributed by atoms with Crippen LogP contribution in [0.5, 0.6) is 0 Å². The SMILES string of the molecule is CC(C)OC(=O)CC(NC(=O)Cc1ccc(F)cc1)c1ccccc1[N+](=O)[O-]. The number of halogens is 1. The number of rotatable bonds is 8. The van der Waals surface area contributed by atoms with Gasteiger partial charge >= 0.3 is 5.97 Å². The Labute approximate surface area is 161 Å². The van der Waals surface area contributed by atoms with Gasteiger partial charge in [-0.25, -0.2) is 4.39 Å². The van der Waals surface area contributed by atoms with Crippen LogP contribution in [-0.2, 0) is 20.7 Å². The highest BCUT2D eigenvalue weighted by molar-refractivity contribution is 5.80. The van der Waals surface area contributed by atoms with Gasteiger partial charge in [-0.05, 0) is 31.5 Å². The number of nitro groups is 1. The number of hydrogen-bond donors (Lipinski definition) is 1. The van der Waals surface area contributed by atoms with Crippen molar-refractivity contribution in [3.63, 3.8) is 0 Å². The second-order valence-corrected chi connectivity index (χ2v) is 6.48. The zero-order chi connectivity index (χ0) is 20.7. The number of hydrogen-bond acceptors (Lipinski definition) is 5. The number of carbonyl (C=O) groups is 2. The summed E-state index contributed by atoms with van der Waals surface area (Å²) in [6.07, 6.45) is -0.664. The van der Waals surface area contributed by atoms with Crippen LogP contribution in [0.3, 0.4) is 0 Å². The molecule has 0 aliphatic heterocycles. The number of carbonyl (C=O) groups excluding carboxylic acids is 2. The normalized spacial score (nSPS) is 11.7. The van der Waals surface area contributed by atoms with E-state index in [0.29, 0.717) is 5.56 Å². The van der Waals surface area contributed by atoms with Crippen molar-refractivity contribution in [1.82, 2.24) is 5.32 Å². The van der Waals surface area contributed by atoms with Gasteiger partial charge in [-0.2, -0.15) is 0 Å². The summed E-state index contributed by atoms with van der Waals surface area (Å²) in [6, 6.07) is 10.4. The fourth-order valence-electron chi connectivity index (χ4n) is 2.70. The fourth-order valence-corrected chi connectivity index (χ4v) is 2.70. The predicted molar refractivity (Wildman–Crippen MR) is 99.9 cm³/mol. The number of nitrogens with zero attached hydrogens (tertiary/aromatic N) is 1. The second kappa shape index (κ2) is 9.59. The quantitative estimate of drug-likeness (QED) is 0.424. The molecule has 1 N–H and O–H groups in total. The average Bonchev–Trinajstić information content (AvgIpc) is 2.62. The second-order valence-electron chi connectivity index (χ2n) is 6.48. The molecule has 0 bridgehead atoms. The van der Waals surface area contributed by atoms with Gasteiger partial charge in [0.2, 0.25) is 5.91 Å². The Bertz CT molecular complexity index is 852. The molecule has 0 saturated carbocycles. The molecule has 1 atom stereocenters. The van der Waals surface area contributed by atoms with Crippen LogP contribution >= 0.6 is 0 Å². The third kappa shape index (κ3) is 6.15. The molecule has 2 aromatic carbocycles. The number of amides is 1. The van der Waals surface area contributed by atoms with Crippen LogP contribution in [0.1, 0.15) is 37.4 Å². The molecule has 0 saturated heterocycles. The molecule has 2 aromatic rings. The highest BCUT2D eigenvalue weighted by Gasteiger charge is 2.26. The van der Waals surface area contributed by atoms with Gasteiger partial charge in [-0.1, -0.05) is 30.3 Å². The molecule has 0 heterocycles. The zero-order valence-corrected chi connectivity index (χ0v) is 15.6. The van der Waals surface area contributed by atoms with Crippen molar-refractivity contribution < 1.29 is 23.6 Å². The summed E-state index contributed by atoms with van der Waals surface area (Å²) in [6.45, 7) is 3.37. The summed E-state index contributed by atoms with van der Waals surface area (Å²) in [5.74, 6) is -1.45. The van der Waals surface area contributed by atoms with Crippen LogP contribution < -0.4 is 5.32 Å². The third-order valence-electron chi connectivity index (χ3n) is 3.86. The standard InChI is InChI=1S/C20H21FN2O5/c1-13(2)28-20(25)12-17(16-5-3-4-6-18(16)23(26)27)22-19(24)11-14-7-9-15(21)10-8-14/h3-10,13,17H,11-12H2,1-2H3,(H,22,24). The van der Waals surface area contributed by atoms with Crippen LogP contribution in [0.4, 0.5) is 10.1 Å². The number of para-hydroxylation sites is 1. The number of nitrogens with one attached hydrogen (secondary N) is 1. The van der Waals surface area contributed by atoms with E-state index in [1.807, 2.05) is 0 Å². The average molecular weight is 388 g/mol. The van der Waals surface area contributed by atoms with E-state index in [1.165, 1.54) is 42.5 Å². The summed E-state index contributed by atoms with van der Waals surface area (Å²) >= 11 is 0. The fraction of sp³-hybridized carbons (Fsp3) is 0.300. The summed E-state index contributed by atoms with van der Waals surface area (Å²) in [5.41, 5.74) is 0.581. The Balaban J connectivity index is 2.23. The Morgan fingerprint density at radius 2 is 1.79 bits per heavy atom. The molecule has 1 amide bonds. The maximum Gasteiger partial charge on any atom is 0.308 e. The number of benzene rings is 2. The van der Waals surface area contributed by atoms with Gasteiger partial charge in [0.1, 0.15) is 5.82 Å². The summed E-state index contributed by atoms with van der Waals surface area (Å²) < 4.78 is 18.1. The van der Waals surface area contributed by atoms with Gasteiger partial charge in [0.15, 0.2) is 0 Å². The first-order valence-corrected chi connectivity index (χ1v) is 8.73. The third-order valence-corrected chi connectivity index (χ3v) is 3.86. The van der Waals surface area contributed by atoms with Crippen LogP contribution in [0.25, 0.3) is 0 Å². The lowest BCUT2D eigenvalue weighted by Crippen LogP contribution is -2.32. The van der Waals surface area contributed by atoms with Gasteiger partial charge < -0.3 is 10.1 Å². The molecular formula is C20H21FN2O5. The van der Waals surface area contributed by atoms with E-state index >= 15 is 0 Å². The predicted octanol–water partition coefficient (Wildman–Crippen LogP) is 3.48. The Kier molecular flexibility index (Phi) is 7.20. The van der Waals surface area contributed by atoms with Crippen molar-refractivity contribution in [2.24, 2.45) is 0 Å². The van der Waals surface area contributed by atoms with E-state index in [0.717, 1.165) is 0 Å². The van der Waals surface area contributed by atoms with Crippen molar-refractivity contribution >= 4 is 17.6 Å². The first-order valence-electron chi connectivity index (χ1n) is 8.73. The van der Waals surface area contributed by atoms with Gasteiger partial charge in [0, 0.05) is 6.07 Å². The van der Waals surface area contributed by atoms with Gasteiger partial charge in [-0.15, -0.1) is 0 Å². The number of esters is 1. The minimum atomic E-state index is -0.930. The largest absolute Gasteiger partial charge is 0.463 e. The van der Waals surface area contributed by atoms with Crippen LogP contribution in [0.15, 0.2) is 48.5 Å². The molecule has 28 heavy (non-hydrogen) atoms. The Hall–Kier alpha value is -3.29. The van der Waals surface area contributed by atoms with Crippen molar-refractivity contribution in [2.75, 3.05) is 0 Å². The first-order chi connectivity index (χ1) is 13.3. The highest BCUT2D eigenvalue weighted by Crippen LogP contribution is 2.27. The van der Waals surface area contributed by atoms with E-state index in [-0.39, 0.29) is 30.2 Å². The number of ether oxygens (including phenoxy) is 1. The Morgan fingerprint density at radius 3 is 2.39 bits per heavy atom. The molecule has 8 heteroatoms. The van der Waals surface area contributed by atoms with Crippen LogP contribution in [-0.4, -0.2) is 22.9 Å². The summed E-state index contributed by atoms with van der Waals surface area (Å²) in [4.78, 5) is 35.3. The zero-order valence-electron chi connectivity index (χ0n) is 15.6.